The smallest absolute Gasteiger partial charge is 0.234 e. The summed E-state index contributed by atoms with van der Waals surface area (Å²) in [5.41, 5.74) is 1.39. The molecule has 24 heavy (non-hydrogen) atoms. The van der Waals surface area contributed by atoms with Crippen LogP contribution in [-0.2, 0) is 4.79 Å². The van der Waals surface area contributed by atoms with E-state index in [-0.39, 0.29) is 11.7 Å². The van der Waals surface area contributed by atoms with Gasteiger partial charge in [-0.15, -0.1) is 10.2 Å². The van der Waals surface area contributed by atoms with E-state index < -0.39 is 0 Å². The molecule has 0 saturated carbocycles. The van der Waals surface area contributed by atoms with E-state index in [4.69, 9.17) is 17.4 Å². The number of pyridine rings is 1. The standard InChI is InChI=1S/C15H13ClN6OS/c16-11-4-1-5-12(7-11)19-13(23)9-24-15-21-20-14(22(15)17)10-3-2-6-18-8-10/h1-8H,9,17H2,(H,19,23). The molecule has 0 unspecified atom stereocenters. The number of rotatable bonds is 5. The molecule has 0 spiro atoms. The maximum atomic E-state index is 12.0. The first kappa shape index (κ1) is 16.3. The first-order valence-electron chi connectivity index (χ1n) is 6.92. The number of carbonyl (C=O) groups is 1. The number of nitrogens with one attached hydrogen (secondary N) is 1. The van der Waals surface area contributed by atoms with E-state index in [0.717, 1.165) is 5.56 Å². The second-order valence-electron chi connectivity index (χ2n) is 4.77. The lowest BCUT2D eigenvalue weighted by Crippen LogP contribution is -2.16. The Morgan fingerprint density at radius 1 is 1.29 bits per heavy atom. The molecule has 3 aromatic rings. The number of aromatic nitrogens is 4. The van der Waals surface area contributed by atoms with Crippen molar-refractivity contribution < 1.29 is 4.79 Å². The third-order valence-electron chi connectivity index (χ3n) is 3.03. The van der Waals surface area contributed by atoms with Crippen LogP contribution < -0.4 is 11.2 Å². The summed E-state index contributed by atoms with van der Waals surface area (Å²) >= 11 is 7.08. The zero-order valence-electron chi connectivity index (χ0n) is 12.4. The second-order valence-corrected chi connectivity index (χ2v) is 6.14. The Labute approximate surface area is 147 Å². The third-order valence-corrected chi connectivity index (χ3v) is 4.20. The molecule has 1 amide bonds. The van der Waals surface area contributed by atoms with Crippen molar-refractivity contribution in [1.29, 1.82) is 0 Å². The van der Waals surface area contributed by atoms with Gasteiger partial charge in [-0.2, -0.15) is 0 Å². The lowest BCUT2D eigenvalue weighted by Gasteiger charge is -2.05. The zero-order valence-corrected chi connectivity index (χ0v) is 14.0. The Morgan fingerprint density at radius 2 is 2.17 bits per heavy atom. The van der Waals surface area contributed by atoms with Crippen LogP contribution in [0.4, 0.5) is 5.69 Å². The van der Waals surface area contributed by atoms with Gasteiger partial charge in [0.2, 0.25) is 11.1 Å². The van der Waals surface area contributed by atoms with Crippen LogP contribution in [0.1, 0.15) is 0 Å². The maximum Gasteiger partial charge on any atom is 0.234 e. The van der Waals surface area contributed by atoms with Gasteiger partial charge in [-0.25, -0.2) is 4.68 Å². The molecule has 0 radical (unpaired) electrons. The Morgan fingerprint density at radius 3 is 2.92 bits per heavy atom. The minimum absolute atomic E-state index is 0.148. The number of nitrogens with zero attached hydrogens (tertiary/aromatic N) is 4. The van der Waals surface area contributed by atoms with Gasteiger partial charge in [0.1, 0.15) is 0 Å². The molecule has 2 heterocycles. The summed E-state index contributed by atoms with van der Waals surface area (Å²) in [6, 6.07) is 10.6. The number of hydrogen-bond acceptors (Lipinski definition) is 6. The Kier molecular flexibility index (Phi) is 4.97. The summed E-state index contributed by atoms with van der Waals surface area (Å²) in [6.07, 6.45) is 3.31. The lowest BCUT2D eigenvalue weighted by atomic mass is 10.3. The zero-order chi connectivity index (χ0) is 16.9. The Balaban J connectivity index is 1.63. The van der Waals surface area contributed by atoms with Crippen molar-refractivity contribution in [3.63, 3.8) is 0 Å². The van der Waals surface area contributed by atoms with E-state index in [1.165, 1.54) is 16.4 Å². The van der Waals surface area contributed by atoms with E-state index in [0.29, 0.717) is 21.7 Å². The molecule has 3 N–H and O–H groups in total. The van der Waals surface area contributed by atoms with E-state index in [9.17, 15) is 4.79 Å². The van der Waals surface area contributed by atoms with Crippen molar-refractivity contribution in [2.24, 2.45) is 0 Å². The van der Waals surface area contributed by atoms with Crippen molar-refractivity contribution in [3.05, 3.63) is 53.8 Å². The first-order chi connectivity index (χ1) is 11.6. The van der Waals surface area contributed by atoms with Crippen molar-refractivity contribution in [2.45, 2.75) is 5.16 Å². The highest BCUT2D eigenvalue weighted by atomic mass is 35.5. The van der Waals surface area contributed by atoms with Crippen LogP contribution >= 0.6 is 23.4 Å². The summed E-state index contributed by atoms with van der Waals surface area (Å²) in [5, 5.41) is 11.8. The van der Waals surface area contributed by atoms with Crippen molar-refractivity contribution in [1.82, 2.24) is 19.9 Å². The monoisotopic (exact) mass is 360 g/mol. The molecule has 0 atom stereocenters. The van der Waals surface area contributed by atoms with Crippen molar-refractivity contribution in [2.75, 3.05) is 16.9 Å². The van der Waals surface area contributed by atoms with Crippen LogP contribution in [0.5, 0.6) is 0 Å². The number of nitrogens with two attached hydrogens (primary N) is 1. The van der Waals surface area contributed by atoms with Gasteiger partial charge >= 0.3 is 0 Å². The maximum absolute atomic E-state index is 12.0. The van der Waals surface area contributed by atoms with E-state index in [1.54, 1.807) is 42.7 Å². The molecule has 2 aromatic heterocycles. The first-order valence-corrected chi connectivity index (χ1v) is 8.29. The Hall–Kier alpha value is -2.58. The summed E-state index contributed by atoms with van der Waals surface area (Å²) in [4.78, 5) is 16.0. The molecule has 7 nitrogen and oxygen atoms in total. The SMILES string of the molecule is Nn1c(SCC(=O)Nc2cccc(Cl)c2)nnc1-c1cccnc1. The molecule has 0 aliphatic heterocycles. The average Bonchev–Trinajstić information content (AvgIpc) is 2.94. The molecule has 9 heteroatoms. The van der Waals surface area contributed by atoms with Crippen LogP contribution in [0.25, 0.3) is 11.4 Å². The largest absolute Gasteiger partial charge is 0.335 e. The third kappa shape index (κ3) is 3.84. The number of hydrogen-bond donors (Lipinski definition) is 2. The van der Waals surface area contributed by atoms with Gasteiger partial charge in [0.05, 0.1) is 5.75 Å². The van der Waals surface area contributed by atoms with Crippen LogP contribution in [0, 0.1) is 0 Å². The van der Waals surface area contributed by atoms with Crippen LogP contribution in [0.15, 0.2) is 53.9 Å². The summed E-state index contributed by atoms with van der Waals surface area (Å²) < 4.78 is 1.34. The number of amides is 1. The molecule has 0 aliphatic rings. The number of anilines is 1. The second kappa shape index (κ2) is 7.33. The van der Waals surface area contributed by atoms with Gasteiger partial charge < -0.3 is 11.2 Å². The highest BCUT2D eigenvalue weighted by Gasteiger charge is 2.14. The van der Waals surface area contributed by atoms with Gasteiger partial charge in [0, 0.05) is 28.7 Å². The fourth-order valence-electron chi connectivity index (χ4n) is 1.96. The molecular weight excluding hydrogens is 348 g/mol. The number of halogens is 1. The van der Waals surface area contributed by atoms with E-state index >= 15 is 0 Å². The predicted octanol–water partition coefficient (Wildman–Crippen LogP) is 2.44. The average molecular weight is 361 g/mol. The molecule has 1 aromatic carbocycles. The van der Waals surface area contributed by atoms with Gasteiger partial charge in [0.25, 0.3) is 0 Å². The van der Waals surface area contributed by atoms with Gasteiger partial charge in [-0.3, -0.25) is 9.78 Å². The van der Waals surface area contributed by atoms with Gasteiger partial charge in [0.15, 0.2) is 5.82 Å². The number of thioether (sulfide) groups is 1. The molecule has 0 fully saturated rings. The van der Waals surface area contributed by atoms with Crippen molar-refractivity contribution in [3.8, 4) is 11.4 Å². The summed E-state index contributed by atoms with van der Waals surface area (Å²) in [7, 11) is 0. The van der Waals surface area contributed by atoms with E-state index in [1.807, 2.05) is 6.07 Å². The molecule has 0 aliphatic carbocycles. The summed E-state index contributed by atoms with van der Waals surface area (Å²) in [5.74, 6) is 6.44. The molecule has 0 saturated heterocycles. The van der Waals surface area contributed by atoms with Crippen LogP contribution in [0.3, 0.4) is 0 Å². The number of carbonyl (C=O) groups excluding carboxylic acids is 1. The highest BCUT2D eigenvalue weighted by molar-refractivity contribution is 7.99. The minimum atomic E-state index is -0.187. The van der Waals surface area contributed by atoms with Gasteiger partial charge in [-0.1, -0.05) is 29.4 Å². The topological polar surface area (TPSA) is 98.7 Å². The normalized spacial score (nSPS) is 10.5. The van der Waals surface area contributed by atoms with Gasteiger partial charge in [-0.05, 0) is 30.3 Å². The fourth-order valence-corrected chi connectivity index (χ4v) is 2.81. The lowest BCUT2D eigenvalue weighted by molar-refractivity contribution is -0.113. The number of nitrogen functional groups attached to an aromatic ring is 1. The highest BCUT2D eigenvalue weighted by Crippen LogP contribution is 2.21. The summed E-state index contributed by atoms with van der Waals surface area (Å²) in [6.45, 7) is 0. The van der Waals surface area contributed by atoms with Crippen LogP contribution in [0.2, 0.25) is 5.02 Å². The molecular formula is C15H13ClN6OS. The number of benzene rings is 1. The van der Waals surface area contributed by atoms with Crippen molar-refractivity contribution >= 4 is 35.0 Å². The molecule has 3 rings (SSSR count). The molecule has 0 bridgehead atoms. The Bertz CT molecular complexity index is 854. The predicted molar refractivity (Wildman–Crippen MR) is 94.2 cm³/mol. The van der Waals surface area contributed by atoms with E-state index in [2.05, 4.69) is 20.5 Å². The minimum Gasteiger partial charge on any atom is -0.335 e. The fraction of sp³-hybridized carbons (Fsp3) is 0.0667. The molecule has 122 valence electrons. The van der Waals surface area contributed by atoms with Crippen LogP contribution in [-0.4, -0.2) is 31.5 Å². The quantitative estimate of drug-likeness (QED) is 0.535.